The van der Waals surface area contributed by atoms with Crippen molar-refractivity contribution in [3.8, 4) is 0 Å². The monoisotopic (exact) mass is 346 g/mol. The Hall–Kier alpha value is -0.520. The average molecular weight is 347 g/mol. The number of hydrogen-bond donors (Lipinski definition) is 1. The van der Waals surface area contributed by atoms with Gasteiger partial charge in [-0.05, 0) is 53.4 Å². The predicted octanol–water partition coefficient (Wildman–Crippen LogP) is 5.03. The fourth-order valence-electron chi connectivity index (χ4n) is 1.79. The van der Waals surface area contributed by atoms with E-state index >= 15 is 0 Å². The van der Waals surface area contributed by atoms with E-state index < -0.39 is 10.1 Å². The van der Waals surface area contributed by atoms with Crippen LogP contribution >= 0.6 is 11.8 Å². The van der Waals surface area contributed by atoms with E-state index in [0.29, 0.717) is 5.75 Å². The van der Waals surface area contributed by atoms with Gasteiger partial charge >= 0.3 is 0 Å². The molecule has 5 heteroatoms. The Balaban J connectivity index is 3.85. The molecule has 0 fully saturated rings. The molecule has 0 aromatic heterocycles. The third kappa shape index (κ3) is 15.9. The first-order valence-corrected chi connectivity index (χ1v) is 10.4. The van der Waals surface area contributed by atoms with Crippen LogP contribution in [-0.4, -0.2) is 30.2 Å². The summed E-state index contributed by atoms with van der Waals surface area (Å²) in [5.74, 6) is 1.06. The van der Waals surface area contributed by atoms with Crippen LogP contribution in [0, 0.1) is 0 Å². The highest BCUT2D eigenvalue weighted by atomic mass is 32.2. The molecule has 0 radical (unpaired) electrons. The fourth-order valence-corrected chi connectivity index (χ4v) is 3.67. The molecule has 22 heavy (non-hydrogen) atoms. The first-order valence-electron chi connectivity index (χ1n) is 7.68. The van der Waals surface area contributed by atoms with Crippen LogP contribution in [0.25, 0.3) is 0 Å². The smallest absolute Gasteiger partial charge is 0.265 e. The van der Waals surface area contributed by atoms with Gasteiger partial charge in [0.25, 0.3) is 10.1 Å². The van der Waals surface area contributed by atoms with Crippen molar-refractivity contribution in [1.29, 1.82) is 0 Å². The third-order valence-electron chi connectivity index (χ3n) is 3.16. The molecule has 0 rings (SSSR count). The van der Waals surface area contributed by atoms with E-state index in [1.807, 2.05) is 0 Å². The molecule has 0 atom stereocenters. The maximum atomic E-state index is 10.6. The second-order valence-corrected chi connectivity index (χ2v) is 8.54. The van der Waals surface area contributed by atoms with Crippen molar-refractivity contribution in [2.24, 2.45) is 0 Å². The minimum absolute atomic E-state index is 0.168. The molecule has 0 aliphatic rings. The lowest BCUT2D eigenvalue weighted by molar-refractivity contribution is 0.485. The van der Waals surface area contributed by atoms with Crippen LogP contribution in [0.4, 0.5) is 0 Å². The van der Waals surface area contributed by atoms with Gasteiger partial charge in [-0.2, -0.15) is 20.2 Å². The molecule has 0 aromatic carbocycles. The molecule has 0 saturated heterocycles. The zero-order valence-electron chi connectivity index (χ0n) is 14.3. The van der Waals surface area contributed by atoms with E-state index in [9.17, 15) is 8.42 Å². The molecule has 0 unspecified atom stereocenters. The van der Waals surface area contributed by atoms with Gasteiger partial charge in [0.05, 0.1) is 5.75 Å². The molecule has 128 valence electrons. The molecule has 0 saturated carbocycles. The van der Waals surface area contributed by atoms with E-state index in [1.54, 1.807) is 0 Å². The Morgan fingerprint density at radius 2 is 1.50 bits per heavy atom. The molecule has 0 aliphatic carbocycles. The van der Waals surface area contributed by atoms with E-state index in [4.69, 9.17) is 4.55 Å². The molecule has 0 spiro atoms. The van der Waals surface area contributed by atoms with Crippen molar-refractivity contribution in [2.45, 2.75) is 53.4 Å². The highest BCUT2D eigenvalue weighted by Crippen LogP contribution is 2.12. The van der Waals surface area contributed by atoms with Crippen LogP contribution in [0.1, 0.15) is 53.4 Å². The summed E-state index contributed by atoms with van der Waals surface area (Å²) in [5.41, 5.74) is 4.14. The number of hydrogen-bond acceptors (Lipinski definition) is 3. The zero-order valence-corrected chi connectivity index (χ0v) is 15.9. The Kier molecular flexibility index (Phi) is 11.7. The summed E-state index contributed by atoms with van der Waals surface area (Å²) in [6.45, 7) is 8.54. The summed E-state index contributed by atoms with van der Waals surface area (Å²) >= 11 is 1.52. The predicted molar refractivity (Wildman–Crippen MR) is 99.2 cm³/mol. The Bertz CT molecular complexity index is 496. The first kappa shape index (κ1) is 21.5. The maximum Gasteiger partial charge on any atom is 0.265 e. The van der Waals surface area contributed by atoms with E-state index in [1.165, 1.54) is 28.5 Å². The molecule has 3 nitrogen and oxygen atoms in total. The van der Waals surface area contributed by atoms with Crippen molar-refractivity contribution >= 4 is 21.9 Å². The molecule has 0 aliphatic heterocycles. The maximum absolute atomic E-state index is 10.6. The summed E-state index contributed by atoms with van der Waals surface area (Å²) in [5, 5.41) is 0. The largest absolute Gasteiger partial charge is 0.286 e. The number of rotatable bonds is 11. The van der Waals surface area contributed by atoms with Crippen LogP contribution in [-0.2, 0) is 10.1 Å². The van der Waals surface area contributed by atoms with Crippen molar-refractivity contribution in [3.05, 3.63) is 34.9 Å². The van der Waals surface area contributed by atoms with Gasteiger partial charge in [-0.3, -0.25) is 4.55 Å². The van der Waals surface area contributed by atoms with Crippen LogP contribution in [0.3, 0.4) is 0 Å². The van der Waals surface area contributed by atoms with E-state index in [2.05, 4.69) is 45.9 Å². The highest BCUT2D eigenvalue weighted by Gasteiger charge is 2.02. The summed E-state index contributed by atoms with van der Waals surface area (Å²) in [7, 11) is -3.82. The fraction of sp³-hybridized carbons (Fsp3) is 0.647. The Labute approximate surface area is 140 Å². The molecule has 1 N–H and O–H groups in total. The Morgan fingerprint density at radius 1 is 0.955 bits per heavy atom. The highest BCUT2D eigenvalue weighted by molar-refractivity contribution is 8.00. The summed E-state index contributed by atoms with van der Waals surface area (Å²) in [6, 6.07) is 0. The van der Waals surface area contributed by atoms with E-state index in [0.717, 1.165) is 31.4 Å². The van der Waals surface area contributed by atoms with Gasteiger partial charge in [-0.1, -0.05) is 34.9 Å². The van der Waals surface area contributed by atoms with Crippen molar-refractivity contribution in [2.75, 3.05) is 17.3 Å². The van der Waals surface area contributed by atoms with Crippen LogP contribution in [0.15, 0.2) is 34.9 Å². The molecule has 0 bridgehead atoms. The van der Waals surface area contributed by atoms with Gasteiger partial charge in [0.15, 0.2) is 0 Å². The quantitative estimate of drug-likeness (QED) is 0.324. The minimum Gasteiger partial charge on any atom is -0.286 e. The molecule has 0 amide bonds. The van der Waals surface area contributed by atoms with Gasteiger partial charge in [-0.25, -0.2) is 0 Å². The minimum atomic E-state index is -3.82. The van der Waals surface area contributed by atoms with Crippen molar-refractivity contribution < 1.29 is 13.0 Å². The average Bonchev–Trinajstić information content (AvgIpc) is 2.36. The van der Waals surface area contributed by atoms with Gasteiger partial charge < -0.3 is 0 Å². The topological polar surface area (TPSA) is 54.4 Å². The lowest BCUT2D eigenvalue weighted by Gasteiger charge is -2.02. The first-order chi connectivity index (χ1) is 10.2. The normalized spacial score (nSPS) is 13.3. The molecule has 0 aromatic rings. The van der Waals surface area contributed by atoms with Gasteiger partial charge in [-0.15, -0.1) is 0 Å². The van der Waals surface area contributed by atoms with Crippen molar-refractivity contribution in [3.63, 3.8) is 0 Å². The summed E-state index contributed by atoms with van der Waals surface area (Å²) in [4.78, 5) is 0. The number of allylic oxidation sites excluding steroid dienone is 5. The molecular weight excluding hydrogens is 316 g/mol. The number of thioether (sulfide) groups is 1. The van der Waals surface area contributed by atoms with Crippen molar-refractivity contribution in [1.82, 2.24) is 0 Å². The second kappa shape index (κ2) is 12.0. The zero-order chi connectivity index (χ0) is 17.0. The lowest BCUT2D eigenvalue weighted by Crippen LogP contribution is -2.05. The SMILES string of the molecule is CC(C)=CCCC(C)=CCCC(C)=CCSCCS(=O)(=O)O. The third-order valence-corrected chi connectivity index (χ3v) is 5.03. The van der Waals surface area contributed by atoms with E-state index in [-0.39, 0.29) is 5.75 Å². The summed E-state index contributed by atoms with van der Waals surface area (Å²) < 4.78 is 29.7. The Morgan fingerprint density at radius 3 is 2.05 bits per heavy atom. The van der Waals surface area contributed by atoms with Crippen LogP contribution in [0.2, 0.25) is 0 Å². The standard InChI is InChI=1S/C17H30O3S2/c1-15(2)7-5-8-16(3)9-6-10-17(4)11-12-21-13-14-22(18,19)20/h7,9,11H,5-6,8,10,12-14H2,1-4H3,(H,18,19,20). The molecule has 0 heterocycles. The van der Waals surface area contributed by atoms with Crippen LogP contribution < -0.4 is 0 Å². The van der Waals surface area contributed by atoms with Gasteiger partial charge in [0.1, 0.15) is 0 Å². The molecular formula is C17H30O3S2. The summed E-state index contributed by atoms with van der Waals surface area (Å²) in [6.07, 6.45) is 11.1. The van der Waals surface area contributed by atoms with Crippen LogP contribution in [0.5, 0.6) is 0 Å². The van der Waals surface area contributed by atoms with Gasteiger partial charge in [0, 0.05) is 11.5 Å². The van der Waals surface area contributed by atoms with Gasteiger partial charge in [0.2, 0.25) is 0 Å². The second-order valence-electron chi connectivity index (χ2n) is 5.82. The lowest BCUT2D eigenvalue weighted by atomic mass is 10.1.